The maximum absolute atomic E-state index is 10.9. The summed E-state index contributed by atoms with van der Waals surface area (Å²) in [6.45, 7) is 7.50. The summed E-state index contributed by atoms with van der Waals surface area (Å²) in [5, 5.41) is 2.80. The molecular weight excluding hydrogens is 176 g/mol. The highest BCUT2D eigenvalue weighted by Crippen LogP contribution is 2.08. The normalized spacial score (nSPS) is 18.6. The minimum atomic E-state index is -0.0696. The standard InChI is InChI=1S/C11H20N2O/c1-2-11(14)12-7-10-13-8-5-3-4-6-9-13/h2H,1,3-10H2,(H,12,14). The number of nitrogens with one attached hydrogen (secondary N) is 1. The highest BCUT2D eigenvalue weighted by molar-refractivity contribution is 5.86. The van der Waals surface area contributed by atoms with E-state index in [1.165, 1.54) is 44.8 Å². The number of likely N-dealkylation sites (tertiary alicyclic amines) is 1. The highest BCUT2D eigenvalue weighted by atomic mass is 16.1. The zero-order valence-corrected chi connectivity index (χ0v) is 8.80. The maximum Gasteiger partial charge on any atom is 0.243 e. The van der Waals surface area contributed by atoms with E-state index in [-0.39, 0.29) is 5.91 Å². The molecular formula is C11H20N2O. The lowest BCUT2D eigenvalue weighted by atomic mass is 10.2. The van der Waals surface area contributed by atoms with Crippen molar-refractivity contribution < 1.29 is 4.79 Å². The fourth-order valence-corrected chi connectivity index (χ4v) is 1.77. The van der Waals surface area contributed by atoms with Gasteiger partial charge in [-0.15, -0.1) is 0 Å². The van der Waals surface area contributed by atoms with Gasteiger partial charge in [-0.3, -0.25) is 4.79 Å². The van der Waals surface area contributed by atoms with Gasteiger partial charge in [0, 0.05) is 13.1 Å². The molecule has 14 heavy (non-hydrogen) atoms. The van der Waals surface area contributed by atoms with Gasteiger partial charge in [0.2, 0.25) is 5.91 Å². The molecule has 0 aromatic heterocycles. The van der Waals surface area contributed by atoms with E-state index >= 15 is 0 Å². The van der Waals surface area contributed by atoms with Gasteiger partial charge in [-0.2, -0.15) is 0 Å². The first-order chi connectivity index (χ1) is 6.83. The van der Waals surface area contributed by atoms with Crippen molar-refractivity contribution in [2.75, 3.05) is 26.2 Å². The lowest BCUT2D eigenvalue weighted by Crippen LogP contribution is -2.34. The Morgan fingerprint density at radius 3 is 2.50 bits per heavy atom. The molecule has 1 fully saturated rings. The molecule has 1 saturated heterocycles. The molecule has 0 atom stereocenters. The predicted molar refractivity (Wildman–Crippen MR) is 58.1 cm³/mol. The second-order valence-corrected chi connectivity index (χ2v) is 3.75. The molecule has 1 amide bonds. The SMILES string of the molecule is C=CC(=O)NCCN1CCCCCC1. The van der Waals surface area contributed by atoms with E-state index in [4.69, 9.17) is 0 Å². The van der Waals surface area contributed by atoms with Crippen LogP contribution in [-0.4, -0.2) is 37.0 Å². The molecule has 0 spiro atoms. The number of hydrogen-bond donors (Lipinski definition) is 1. The Balaban J connectivity index is 2.10. The minimum Gasteiger partial charge on any atom is -0.351 e. The Bertz CT molecular complexity index is 184. The molecule has 0 aromatic carbocycles. The van der Waals surface area contributed by atoms with Crippen LogP contribution in [0, 0.1) is 0 Å². The third kappa shape index (κ3) is 4.42. The summed E-state index contributed by atoms with van der Waals surface area (Å²) in [5.74, 6) is -0.0696. The molecule has 1 N–H and O–H groups in total. The fourth-order valence-electron chi connectivity index (χ4n) is 1.77. The lowest BCUT2D eigenvalue weighted by molar-refractivity contribution is -0.116. The van der Waals surface area contributed by atoms with E-state index in [1.54, 1.807) is 0 Å². The van der Waals surface area contributed by atoms with E-state index in [0.29, 0.717) is 0 Å². The molecule has 0 aromatic rings. The molecule has 0 aliphatic carbocycles. The summed E-state index contributed by atoms with van der Waals surface area (Å²) < 4.78 is 0. The third-order valence-corrected chi connectivity index (χ3v) is 2.61. The van der Waals surface area contributed by atoms with Crippen LogP contribution in [0.1, 0.15) is 25.7 Å². The Hall–Kier alpha value is -0.830. The van der Waals surface area contributed by atoms with E-state index in [2.05, 4.69) is 16.8 Å². The lowest BCUT2D eigenvalue weighted by Gasteiger charge is -2.19. The monoisotopic (exact) mass is 196 g/mol. The van der Waals surface area contributed by atoms with E-state index < -0.39 is 0 Å². The van der Waals surface area contributed by atoms with Gasteiger partial charge in [0.25, 0.3) is 0 Å². The molecule has 1 aliphatic rings. The molecule has 0 bridgehead atoms. The third-order valence-electron chi connectivity index (χ3n) is 2.61. The zero-order chi connectivity index (χ0) is 10.2. The number of rotatable bonds is 4. The summed E-state index contributed by atoms with van der Waals surface area (Å²) >= 11 is 0. The van der Waals surface area contributed by atoms with Crippen molar-refractivity contribution in [3.05, 3.63) is 12.7 Å². The summed E-state index contributed by atoms with van der Waals surface area (Å²) in [4.78, 5) is 13.3. The average molecular weight is 196 g/mol. The first-order valence-corrected chi connectivity index (χ1v) is 5.45. The van der Waals surface area contributed by atoms with Crippen LogP contribution in [0.2, 0.25) is 0 Å². The van der Waals surface area contributed by atoms with Gasteiger partial charge >= 0.3 is 0 Å². The van der Waals surface area contributed by atoms with Gasteiger partial charge < -0.3 is 10.2 Å². The predicted octanol–water partition coefficient (Wildman–Crippen LogP) is 1.16. The Labute approximate surface area is 86.2 Å². The first-order valence-electron chi connectivity index (χ1n) is 5.45. The molecule has 80 valence electrons. The van der Waals surface area contributed by atoms with Gasteiger partial charge in [-0.1, -0.05) is 19.4 Å². The van der Waals surface area contributed by atoms with Crippen molar-refractivity contribution in [1.82, 2.24) is 10.2 Å². The smallest absolute Gasteiger partial charge is 0.243 e. The van der Waals surface area contributed by atoms with Gasteiger partial charge in [-0.25, -0.2) is 0 Å². The van der Waals surface area contributed by atoms with E-state index in [0.717, 1.165) is 13.1 Å². The Kier molecular flexibility index (Phi) is 5.30. The maximum atomic E-state index is 10.9. The average Bonchev–Trinajstić information content (AvgIpc) is 2.46. The largest absolute Gasteiger partial charge is 0.351 e. The van der Waals surface area contributed by atoms with Crippen LogP contribution in [-0.2, 0) is 4.79 Å². The number of nitrogens with zero attached hydrogens (tertiary/aromatic N) is 1. The molecule has 1 aliphatic heterocycles. The van der Waals surface area contributed by atoms with Crippen LogP contribution in [0.5, 0.6) is 0 Å². The van der Waals surface area contributed by atoms with Gasteiger partial charge in [0.1, 0.15) is 0 Å². The summed E-state index contributed by atoms with van der Waals surface area (Å²) in [6, 6.07) is 0. The molecule has 0 unspecified atom stereocenters. The second-order valence-electron chi connectivity index (χ2n) is 3.75. The van der Waals surface area contributed by atoms with Gasteiger partial charge in [0.05, 0.1) is 0 Å². The fraction of sp³-hybridized carbons (Fsp3) is 0.727. The van der Waals surface area contributed by atoms with E-state index in [9.17, 15) is 4.79 Å². The van der Waals surface area contributed by atoms with Crippen molar-refractivity contribution in [3.8, 4) is 0 Å². The number of carbonyl (C=O) groups is 1. The molecule has 1 rings (SSSR count). The number of hydrogen-bond acceptors (Lipinski definition) is 2. The topological polar surface area (TPSA) is 32.3 Å². The van der Waals surface area contributed by atoms with Crippen molar-refractivity contribution in [3.63, 3.8) is 0 Å². The van der Waals surface area contributed by atoms with Gasteiger partial charge in [0.15, 0.2) is 0 Å². The van der Waals surface area contributed by atoms with Crippen molar-refractivity contribution in [2.45, 2.75) is 25.7 Å². The van der Waals surface area contributed by atoms with Crippen LogP contribution < -0.4 is 5.32 Å². The van der Waals surface area contributed by atoms with Crippen LogP contribution in [0.25, 0.3) is 0 Å². The number of amides is 1. The molecule has 1 heterocycles. The molecule has 0 saturated carbocycles. The van der Waals surface area contributed by atoms with Crippen molar-refractivity contribution in [2.24, 2.45) is 0 Å². The minimum absolute atomic E-state index is 0.0696. The Morgan fingerprint density at radius 1 is 1.29 bits per heavy atom. The van der Waals surface area contributed by atoms with Crippen LogP contribution in [0.3, 0.4) is 0 Å². The zero-order valence-electron chi connectivity index (χ0n) is 8.80. The number of carbonyl (C=O) groups excluding carboxylic acids is 1. The summed E-state index contributed by atoms with van der Waals surface area (Å²) in [5.41, 5.74) is 0. The molecule has 3 heteroatoms. The van der Waals surface area contributed by atoms with Crippen molar-refractivity contribution >= 4 is 5.91 Å². The first kappa shape index (κ1) is 11.2. The second kappa shape index (κ2) is 6.60. The highest BCUT2D eigenvalue weighted by Gasteiger charge is 2.07. The van der Waals surface area contributed by atoms with E-state index in [1.807, 2.05) is 0 Å². The summed E-state index contributed by atoms with van der Waals surface area (Å²) in [6.07, 6.45) is 6.64. The van der Waals surface area contributed by atoms with Crippen LogP contribution in [0.4, 0.5) is 0 Å². The van der Waals surface area contributed by atoms with Crippen LogP contribution >= 0.6 is 0 Å². The quantitative estimate of drug-likeness (QED) is 0.684. The molecule has 3 nitrogen and oxygen atoms in total. The van der Waals surface area contributed by atoms with Crippen molar-refractivity contribution in [1.29, 1.82) is 0 Å². The summed E-state index contributed by atoms with van der Waals surface area (Å²) in [7, 11) is 0. The molecule has 0 radical (unpaired) electrons. The van der Waals surface area contributed by atoms with Crippen LogP contribution in [0.15, 0.2) is 12.7 Å². The Morgan fingerprint density at radius 2 is 1.93 bits per heavy atom. The van der Waals surface area contributed by atoms with Gasteiger partial charge in [-0.05, 0) is 32.0 Å².